The first-order valence-electron chi connectivity index (χ1n) is 10.5. The second-order valence-electron chi connectivity index (χ2n) is 7.81. The molecular weight excluding hydrogens is 405 g/mol. The van der Waals surface area contributed by atoms with Gasteiger partial charge >= 0.3 is 0 Å². The van der Waals surface area contributed by atoms with Gasteiger partial charge in [0.2, 0.25) is 5.91 Å². The van der Waals surface area contributed by atoms with Crippen molar-refractivity contribution in [2.75, 3.05) is 7.05 Å². The molecule has 0 bridgehead atoms. The summed E-state index contributed by atoms with van der Waals surface area (Å²) in [6.45, 7) is 5.54. The van der Waals surface area contributed by atoms with Crippen molar-refractivity contribution >= 4 is 12.0 Å². The zero-order valence-electron chi connectivity index (χ0n) is 18.6. The van der Waals surface area contributed by atoms with Crippen LogP contribution >= 0.6 is 0 Å². The molecule has 3 aromatic rings. The standard InChI is InChI=1S/C26H28FN3O2/c1-19(2)30(3)18-22-8-5-4-7-21(22)16-29-26(31)13-11-20-10-12-25(24(27)15-20)32-23-9-6-14-28-17-23/h4-15,17,19H,16,18H2,1-3H3,(H,29,31)/b13-11+. The van der Waals surface area contributed by atoms with Crippen molar-refractivity contribution in [2.24, 2.45) is 0 Å². The zero-order valence-corrected chi connectivity index (χ0v) is 18.6. The number of nitrogens with zero attached hydrogens (tertiary/aromatic N) is 2. The van der Waals surface area contributed by atoms with Crippen LogP contribution in [-0.4, -0.2) is 28.9 Å². The van der Waals surface area contributed by atoms with Crippen LogP contribution in [0.25, 0.3) is 6.08 Å². The van der Waals surface area contributed by atoms with Gasteiger partial charge in [-0.2, -0.15) is 0 Å². The topological polar surface area (TPSA) is 54.5 Å². The molecule has 6 heteroatoms. The number of carbonyl (C=O) groups excluding carboxylic acids is 1. The maximum Gasteiger partial charge on any atom is 0.244 e. The summed E-state index contributed by atoms with van der Waals surface area (Å²) in [6.07, 6.45) is 6.10. The van der Waals surface area contributed by atoms with Crippen LogP contribution in [0.15, 0.2) is 73.1 Å². The van der Waals surface area contributed by atoms with Crippen molar-refractivity contribution in [3.05, 3.63) is 95.6 Å². The largest absolute Gasteiger partial charge is 0.453 e. The van der Waals surface area contributed by atoms with Crippen LogP contribution in [0.2, 0.25) is 0 Å². The first kappa shape index (κ1) is 23.2. The van der Waals surface area contributed by atoms with E-state index in [1.54, 1.807) is 30.5 Å². The molecule has 0 fully saturated rings. The summed E-state index contributed by atoms with van der Waals surface area (Å²) in [6, 6.07) is 16.5. The quantitative estimate of drug-likeness (QED) is 0.472. The number of carbonyl (C=O) groups is 1. The number of benzene rings is 2. The highest BCUT2D eigenvalue weighted by Crippen LogP contribution is 2.24. The molecule has 1 heterocycles. The van der Waals surface area contributed by atoms with Crippen molar-refractivity contribution in [1.82, 2.24) is 15.2 Å². The molecule has 0 aliphatic carbocycles. The Morgan fingerprint density at radius 2 is 1.94 bits per heavy atom. The number of rotatable bonds is 9. The highest BCUT2D eigenvalue weighted by atomic mass is 19.1. The van der Waals surface area contributed by atoms with E-state index in [-0.39, 0.29) is 11.7 Å². The van der Waals surface area contributed by atoms with Crippen LogP contribution in [0.3, 0.4) is 0 Å². The molecule has 32 heavy (non-hydrogen) atoms. The summed E-state index contributed by atoms with van der Waals surface area (Å²) >= 11 is 0. The molecule has 5 nitrogen and oxygen atoms in total. The normalized spacial score (nSPS) is 11.3. The van der Waals surface area contributed by atoms with Crippen molar-refractivity contribution < 1.29 is 13.9 Å². The van der Waals surface area contributed by atoms with Gasteiger partial charge in [0.15, 0.2) is 11.6 Å². The van der Waals surface area contributed by atoms with Gasteiger partial charge in [-0.15, -0.1) is 0 Å². The highest BCUT2D eigenvalue weighted by Gasteiger charge is 2.09. The third-order valence-corrected chi connectivity index (χ3v) is 5.12. The summed E-state index contributed by atoms with van der Waals surface area (Å²) in [4.78, 5) is 18.5. The lowest BCUT2D eigenvalue weighted by atomic mass is 10.1. The minimum absolute atomic E-state index is 0.0996. The summed E-state index contributed by atoms with van der Waals surface area (Å²) in [5.74, 6) is -0.204. The van der Waals surface area contributed by atoms with E-state index in [0.717, 1.165) is 12.1 Å². The molecule has 0 radical (unpaired) electrons. The Bertz CT molecular complexity index is 1070. The summed E-state index contributed by atoms with van der Waals surface area (Å²) < 4.78 is 19.8. The maximum atomic E-state index is 14.4. The minimum atomic E-state index is -0.514. The molecule has 0 saturated heterocycles. The number of amides is 1. The van der Waals surface area contributed by atoms with E-state index in [0.29, 0.717) is 23.9 Å². The maximum absolute atomic E-state index is 14.4. The third-order valence-electron chi connectivity index (χ3n) is 5.12. The van der Waals surface area contributed by atoms with Gasteiger partial charge in [-0.3, -0.25) is 14.7 Å². The van der Waals surface area contributed by atoms with E-state index in [4.69, 9.17) is 4.74 Å². The number of ether oxygens (including phenoxy) is 1. The number of nitrogens with one attached hydrogen (secondary N) is 1. The predicted octanol–water partition coefficient (Wildman–Crippen LogP) is 5.18. The van der Waals surface area contributed by atoms with Gasteiger partial charge in [-0.25, -0.2) is 4.39 Å². The van der Waals surface area contributed by atoms with E-state index in [2.05, 4.69) is 42.2 Å². The molecule has 3 rings (SSSR count). The van der Waals surface area contributed by atoms with Crippen molar-refractivity contribution in [2.45, 2.75) is 33.0 Å². The predicted molar refractivity (Wildman–Crippen MR) is 125 cm³/mol. The van der Waals surface area contributed by atoms with Gasteiger partial charge in [0.25, 0.3) is 0 Å². The summed E-state index contributed by atoms with van der Waals surface area (Å²) in [5, 5.41) is 2.90. The van der Waals surface area contributed by atoms with Gasteiger partial charge in [0.1, 0.15) is 5.75 Å². The van der Waals surface area contributed by atoms with Crippen LogP contribution in [0.5, 0.6) is 11.5 Å². The SMILES string of the molecule is CC(C)N(C)Cc1ccccc1CNC(=O)/C=C/c1ccc(Oc2cccnc2)c(F)c1. The lowest BCUT2D eigenvalue weighted by Crippen LogP contribution is -2.27. The minimum Gasteiger partial charge on any atom is -0.453 e. The second kappa shape index (κ2) is 11.2. The molecule has 0 spiro atoms. The first-order chi connectivity index (χ1) is 15.4. The van der Waals surface area contributed by atoms with Crippen LogP contribution in [0.1, 0.15) is 30.5 Å². The van der Waals surface area contributed by atoms with Gasteiger partial charge in [0, 0.05) is 31.4 Å². The molecule has 1 amide bonds. The summed E-state index contributed by atoms with van der Waals surface area (Å²) in [7, 11) is 2.08. The lowest BCUT2D eigenvalue weighted by molar-refractivity contribution is -0.116. The Hall–Kier alpha value is -3.51. The number of halogens is 1. The fourth-order valence-electron chi connectivity index (χ4n) is 2.99. The van der Waals surface area contributed by atoms with Crippen LogP contribution in [0.4, 0.5) is 4.39 Å². The van der Waals surface area contributed by atoms with E-state index in [9.17, 15) is 9.18 Å². The van der Waals surface area contributed by atoms with E-state index in [1.807, 2.05) is 18.2 Å². The molecule has 1 aromatic heterocycles. The van der Waals surface area contributed by atoms with E-state index in [1.165, 1.54) is 30.0 Å². The van der Waals surface area contributed by atoms with Gasteiger partial charge in [0.05, 0.1) is 6.20 Å². The Balaban J connectivity index is 1.57. The van der Waals surface area contributed by atoms with Crippen molar-refractivity contribution in [3.8, 4) is 11.5 Å². The average Bonchev–Trinajstić information content (AvgIpc) is 2.79. The molecule has 0 unspecified atom stereocenters. The zero-order chi connectivity index (χ0) is 22.9. The van der Waals surface area contributed by atoms with Crippen LogP contribution in [0, 0.1) is 5.82 Å². The fourth-order valence-corrected chi connectivity index (χ4v) is 2.99. The first-order valence-corrected chi connectivity index (χ1v) is 10.5. The Morgan fingerprint density at radius 1 is 1.16 bits per heavy atom. The van der Waals surface area contributed by atoms with Crippen molar-refractivity contribution in [1.29, 1.82) is 0 Å². The lowest BCUT2D eigenvalue weighted by Gasteiger charge is -2.22. The molecule has 1 N–H and O–H groups in total. The molecule has 0 aliphatic heterocycles. The molecule has 0 atom stereocenters. The van der Waals surface area contributed by atoms with Gasteiger partial charge in [-0.1, -0.05) is 30.3 Å². The number of aromatic nitrogens is 1. The fraction of sp³-hybridized carbons (Fsp3) is 0.231. The molecule has 0 saturated carbocycles. The average molecular weight is 434 g/mol. The smallest absolute Gasteiger partial charge is 0.244 e. The van der Waals surface area contributed by atoms with E-state index >= 15 is 0 Å². The van der Waals surface area contributed by atoms with Gasteiger partial charge < -0.3 is 10.1 Å². The molecular formula is C26H28FN3O2. The van der Waals surface area contributed by atoms with Crippen LogP contribution in [-0.2, 0) is 17.9 Å². The van der Waals surface area contributed by atoms with Crippen LogP contribution < -0.4 is 10.1 Å². The second-order valence-corrected chi connectivity index (χ2v) is 7.81. The number of hydrogen-bond donors (Lipinski definition) is 1. The third kappa shape index (κ3) is 6.75. The molecule has 0 aliphatic rings. The number of hydrogen-bond acceptors (Lipinski definition) is 4. The Kier molecular flexibility index (Phi) is 8.11. The molecule has 166 valence electrons. The summed E-state index contributed by atoms with van der Waals surface area (Å²) in [5.41, 5.74) is 2.82. The van der Waals surface area contributed by atoms with E-state index < -0.39 is 5.82 Å². The highest BCUT2D eigenvalue weighted by molar-refractivity contribution is 5.91. The monoisotopic (exact) mass is 433 g/mol. The van der Waals surface area contributed by atoms with Gasteiger partial charge in [-0.05, 0) is 67.9 Å². The number of pyridine rings is 1. The Labute approximate surface area is 188 Å². The Morgan fingerprint density at radius 3 is 2.62 bits per heavy atom. The van der Waals surface area contributed by atoms with Crippen molar-refractivity contribution in [3.63, 3.8) is 0 Å². The molecule has 2 aromatic carbocycles.